The number of benzene rings is 2. The monoisotopic (exact) mass is 301 g/mol. The number of phenols is 2. The molecular formula is C16H15NO5. The first-order chi connectivity index (χ1) is 10.5. The van der Waals surface area contributed by atoms with Crippen LogP contribution in [0.15, 0.2) is 48.5 Å². The van der Waals surface area contributed by atoms with E-state index in [1.165, 1.54) is 29.2 Å². The Morgan fingerprint density at radius 2 is 1.18 bits per heavy atom. The van der Waals surface area contributed by atoms with Crippen molar-refractivity contribution in [3.05, 3.63) is 48.5 Å². The van der Waals surface area contributed by atoms with E-state index in [0.717, 1.165) is 0 Å². The van der Waals surface area contributed by atoms with E-state index in [4.69, 9.17) is 5.11 Å². The van der Waals surface area contributed by atoms with Crippen molar-refractivity contribution < 1.29 is 24.9 Å². The molecule has 3 N–H and O–H groups in total. The van der Waals surface area contributed by atoms with Gasteiger partial charge in [-0.1, -0.05) is 0 Å². The second kappa shape index (κ2) is 6.62. The molecule has 2 aromatic rings. The maximum Gasteiger partial charge on any atom is 0.303 e. The number of anilines is 2. The number of carbonyl (C=O) groups is 2. The Bertz CT molecular complexity index is 618. The number of aliphatic carboxylic acids is 1. The van der Waals surface area contributed by atoms with Gasteiger partial charge in [-0.2, -0.15) is 0 Å². The molecule has 0 aliphatic carbocycles. The second-order valence-electron chi connectivity index (χ2n) is 4.66. The molecule has 0 fully saturated rings. The van der Waals surface area contributed by atoms with Crippen LogP contribution in [0.3, 0.4) is 0 Å². The Balaban J connectivity index is 2.35. The maximum atomic E-state index is 12.4. The number of rotatable bonds is 5. The highest BCUT2D eigenvalue weighted by Crippen LogP contribution is 2.29. The molecule has 0 bridgehead atoms. The summed E-state index contributed by atoms with van der Waals surface area (Å²) in [5.74, 6) is -1.32. The number of amides is 1. The number of phenolic OH excluding ortho intramolecular Hbond substituents is 2. The molecule has 0 atom stereocenters. The molecule has 0 spiro atoms. The van der Waals surface area contributed by atoms with Crippen molar-refractivity contribution in [1.82, 2.24) is 0 Å². The van der Waals surface area contributed by atoms with Gasteiger partial charge in [-0.3, -0.25) is 14.5 Å². The van der Waals surface area contributed by atoms with Crippen LogP contribution in [0.1, 0.15) is 12.8 Å². The molecule has 0 heterocycles. The van der Waals surface area contributed by atoms with Crippen LogP contribution >= 0.6 is 0 Å². The summed E-state index contributed by atoms with van der Waals surface area (Å²) in [4.78, 5) is 24.4. The molecule has 2 aromatic carbocycles. The zero-order chi connectivity index (χ0) is 16.1. The number of carbonyl (C=O) groups excluding carboxylic acids is 1. The van der Waals surface area contributed by atoms with Gasteiger partial charge in [0.1, 0.15) is 11.5 Å². The van der Waals surface area contributed by atoms with E-state index in [9.17, 15) is 19.8 Å². The van der Waals surface area contributed by atoms with Crippen LogP contribution in [0.2, 0.25) is 0 Å². The Hall–Kier alpha value is -3.02. The summed E-state index contributed by atoms with van der Waals surface area (Å²) in [5.41, 5.74) is 0.998. The fourth-order valence-electron chi connectivity index (χ4n) is 1.97. The number of hydrogen-bond donors (Lipinski definition) is 3. The minimum absolute atomic E-state index is 0.0624. The van der Waals surface area contributed by atoms with Crippen molar-refractivity contribution in [3.8, 4) is 11.5 Å². The molecule has 0 radical (unpaired) electrons. The fraction of sp³-hybridized carbons (Fsp3) is 0.125. The van der Waals surface area contributed by atoms with E-state index < -0.39 is 11.9 Å². The summed E-state index contributed by atoms with van der Waals surface area (Å²) in [7, 11) is 0. The lowest BCUT2D eigenvalue weighted by atomic mass is 10.2. The van der Waals surface area contributed by atoms with E-state index >= 15 is 0 Å². The Morgan fingerprint density at radius 3 is 1.55 bits per heavy atom. The lowest BCUT2D eigenvalue weighted by Crippen LogP contribution is -2.26. The van der Waals surface area contributed by atoms with E-state index in [0.29, 0.717) is 11.4 Å². The molecule has 0 aliphatic heterocycles. The van der Waals surface area contributed by atoms with Gasteiger partial charge in [0.2, 0.25) is 5.91 Å². The van der Waals surface area contributed by atoms with Crippen molar-refractivity contribution in [2.75, 3.05) is 4.90 Å². The number of nitrogens with zero attached hydrogens (tertiary/aromatic N) is 1. The summed E-state index contributed by atoms with van der Waals surface area (Å²) in [6.45, 7) is 0. The van der Waals surface area contributed by atoms with Gasteiger partial charge in [0.05, 0.1) is 6.42 Å². The molecule has 0 aliphatic rings. The molecule has 2 rings (SSSR count). The highest BCUT2D eigenvalue weighted by Gasteiger charge is 2.19. The van der Waals surface area contributed by atoms with Crippen LogP contribution in [0.25, 0.3) is 0 Å². The van der Waals surface area contributed by atoms with Gasteiger partial charge in [0, 0.05) is 17.8 Å². The fourth-order valence-corrected chi connectivity index (χ4v) is 1.97. The average Bonchev–Trinajstić information content (AvgIpc) is 2.49. The summed E-state index contributed by atoms with van der Waals surface area (Å²) >= 11 is 0. The molecule has 0 unspecified atom stereocenters. The molecule has 0 aromatic heterocycles. The predicted octanol–water partition coefficient (Wildman–Crippen LogP) is 2.63. The van der Waals surface area contributed by atoms with E-state index in [1.807, 2.05) is 0 Å². The highest BCUT2D eigenvalue weighted by atomic mass is 16.4. The lowest BCUT2D eigenvalue weighted by Gasteiger charge is -2.23. The van der Waals surface area contributed by atoms with Crippen molar-refractivity contribution in [2.24, 2.45) is 0 Å². The zero-order valence-corrected chi connectivity index (χ0v) is 11.6. The predicted molar refractivity (Wildman–Crippen MR) is 80.2 cm³/mol. The number of carboxylic acid groups (broad SMARTS) is 1. The van der Waals surface area contributed by atoms with E-state index in [2.05, 4.69) is 0 Å². The Morgan fingerprint density at radius 1 is 0.773 bits per heavy atom. The van der Waals surface area contributed by atoms with E-state index in [-0.39, 0.29) is 24.3 Å². The van der Waals surface area contributed by atoms with Crippen molar-refractivity contribution in [1.29, 1.82) is 0 Å². The SMILES string of the molecule is O=C(O)CCC(=O)N(c1ccc(O)cc1)c1ccc(O)cc1. The topological polar surface area (TPSA) is 98.1 Å². The summed E-state index contributed by atoms with van der Waals surface area (Å²) < 4.78 is 0. The minimum atomic E-state index is -1.05. The van der Waals surface area contributed by atoms with Crippen LogP contribution in [0.5, 0.6) is 11.5 Å². The van der Waals surface area contributed by atoms with Crippen LogP contribution in [-0.4, -0.2) is 27.2 Å². The first-order valence-corrected chi connectivity index (χ1v) is 6.60. The van der Waals surface area contributed by atoms with Crippen molar-refractivity contribution >= 4 is 23.3 Å². The van der Waals surface area contributed by atoms with Crippen molar-refractivity contribution in [3.63, 3.8) is 0 Å². The van der Waals surface area contributed by atoms with Gasteiger partial charge >= 0.3 is 5.97 Å². The normalized spacial score (nSPS) is 10.2. The summed E-state index contributed by atoms with van der Waals surface area (Å²) in [5, 5.41) is 27.4. The van der Waals surface area contributed by atoms with Crippen LogP contribution in [0, 0.1) is 0 Å². The molecule has 0 saturated carbocycles. The van der Waals surface area contributed by atoms with Crippen LogP contribution < -0.4 is 4.90 Å². The number of carboxylic acids is 1. The second-order valence-corrected chi connectivity index (χ2v) is 4.66. The molecule has 6 heteroatoms. The first-order valence-electron chi connectivity index (χ1n) is 6.60. The van der Waals surface area contributed by atoms with Crippen LogP contribution in [0.4, 0.5) is 11.4 Å². The van der Waals surface area contributed by atoms with Gasteiger partial charge in [-0.05, 0) is 48.5 Å². The third kappa shape index (κ3) is 3.76. The molecular weight excluding hydrogens is 286 g/mol. The van der Waals surface area contributed by atoms with Gasteiger partial charge in [-0.15, -0.1) is 0 Å². The summed E-state index contributed by atoms with van der Waals surface area (Å²) in [6, 6.07) is 12.0. The summed E-state index contributed by atoms with van der Waals surface area (Å²) in [6.07, 6.45) is -0.428. The Labute approximate surface area is 126 Å². The first kappa shape index (κ1) is 15.4. The van der Waals surface area contributed by atoms with Crippen molar-refractivity contribution in [2.45, 2.75) is 12.8 Å². The largest absolute Gasteiger partial charge is 0.508 e. The smallest absolute Gasteiger partial charge is 0.303 e. The molecule has 6 nitrogen and oxygen atoms in total. The molecule has 22 heavy (non-hydrogen) atoms. The van der Waals surface area contributed by atoms with Gasteiger partial charge in [0.25, 0.3) is 0 Å². The van der Waals surface area contributed by atoms with Gasteiger partial charge in [0.15, 0.2) is 0 Å². The quantitative estimate of drug-likeness (QED) is 0.788. The lowest BCUT2D eigenvalue weighted by molar-refractivity contribution is -0.138. The molecule has 0 saturated heterocycles. The Kier molecular flexibility index (Phi) is 4.63. The zero-order valence-electron chi connectivity index (χ0n) is 11.6. The third-order valence-electron chi connectivity index (χ3n) is 3.02. The molecule has 114 valence electrons. The van der Waals surface area contributed by atoms with E-state index in [1.54, 1.807) is 24.3 Å². The standard InChI is InChI=1S/C16H15NO5/c18-13-5-1-11(2-6-13)17(15(20)9-10-16(21)22)12-3-7-14(19)8-4-12/h1-8,18-19H,9-10H2,(H,21,22). The van der Waals surface area contributed by atoms with Crippen LogP contribution in [-0.2, 0) is 9.59 Å². The van der Waals surface area contributed by atoms with Gasteiger partial charge in [-0.25, -0.2) is 0 Å². The number of aromatic hydroxyl groups is 2. The third-order valence-corrected chi connectivity index (χ3v) is 3.02. The maximum absolute atomic E-state index is 12.4. The highest BCUT2D eigenvalue weighted by molar-refractivity contribution is 6.01. The average molecular weight is 301 g/mol. The molecule has 1 amide bonds. The number of hydrogen-bond acceptors (Lipinski definition) is 4. The minimum Gasteiger partial charge on any atom is -0.508 e. The van der Waals surface area contributed by atoms with Gasteiger partial charge < -0.3 is 15.3 Å².